The maximum Gasteiger partial charge on any atom is 0.274 e. The van der Waals surface area contributed by atoms with E-state index in [1.54, 1.807) is 32.3 Å². The van der Waals surface area contributed by atoms with Gasteiger partial charge in [0.1, 0.15) is 5.82 Å². The highest BCUT2D eigenvalue weighted by atomic mass is 16.5. The summed E-state index contributed by atoms with van der Waals surface area (Å²) < 4.78 is 6.34. The average molecular weight is 367 g/mol. The van der Waals surface area contributed by atoms with Crippen LogP contribution in [0.1, 0.15) is 30.7 Å². The van der Waals surface area contributed by atoms with Crippen molar-refractivity contribution in [1.29, 1.82) is 0 Å². The molecule has 3 aromatic rings. The first kappa shape index (κ1) is 17.2. The molecule has 3 aromatic heterocycles. The summed E-state index contributed by atoms with van der Waals surface area (Å²) in [6, 6.07) is 6.02. The SMILES string of the molecule is Cc1nc(N[C@H]2CC[C@H](Nc3ccc(-n4nccc(C)c4=O)cn3)C2)no1. The molecule has 0 spiro atoms. The Bertz CT molecular complexity index is 980. The van der Waals surface area contributed by atoms with Crippen LogP contribution in [0.2, 0.25) is 0 Å². The lowest BCUT2D eigenvalue weighted by Gasteiger charge is -2.14. The van der Waals surface area contributed by atoms with Crippen molar-refractivity contribution in [3.8, 4) is 5.69 Å². The summed E-state index contributed by atoms with van der Waals surface area (Å²) in [4.78, 5) is 20.8. The molecule has 1 aliphatic carbocycles. The molecular weight excluding hydrogens is 346 g/mol. The van der Waals surface area contributed by atoms with E-state index in [0.29, 0.717) is 35.2 Å². The molecule has 9 heteroatoms. The highest BCUT2D eigenvalue weighted by Gasteiger charge is 2.25. The van der Waals surface area contributed by atoms with Gasteiger partial charge in [0.25, 0.3) is 11.5 Å². The second-order valence-corrected chi connectivity index (χ2v) is 6.77. The van der Waals surface area contributed by atoms with Crippen molar-refractivity contribution in [1.82, 2.24) is 24.9 Å². The van der Waals surface area contributed by atoms with E-state index in [0.717, 1.165) is 25.1 Å². The molecule has 9 nitrogen and oxygen atoms in total. The van der Waals surface area contributed by atoms with E-state index in [1.807, 2.05) is 12.1 Å². The van der Waals surface area contributed by atoms with Gasteiger partial charge >= 0.3 is 0 Å². The van der Waals surface area contributed by atoms with Crippen LogP contribution < -0.4 is 16.2 Å². The topological polar surface area (TPSA) is 111 Å². The van der Waals surface area contributed by atoms with Gasteiger partial charge in [-0.2, -0.15) is 14.8 Å². The molecule has 4 rings (SSSR count). The van der Waals surface area contributed by atoms with E-state index < -0.39 is 0 Å². The molecule has 1 aliphatic rings. The van der Waals surface area contributed by atoms with E-state index >= 15 is 0 Å². The van der Waals surface area contributed by atoms with Gasteiger partial charge in [0.15, 0.2) is 0 Å². The zero-order chi connectivity index (χ0) is 18.8. The van der Waals surface area contributed by atoms with Crippen molar-refractivity contribution >= 4 is 11.8 Å². The van der Waals surface area contributed by atoms with E-state index in [1.165, 1.54) is 4.68 Å². The minimum atomic E-state index is -0.138. The lowest BCUT2D eigenvalue weighted by atomic mass is 10.2. The average Bonchev–Trinajstić information content (AvgIpc) is 3.27. The third-order valence-corrected chi connectivity index (χ3v) is 4.67. The summed E-state index contributed by atoms with van der Waals surface area (Å²) in [5, 5.41) is 14.7. The fraction of sp³-hybridized carbons (Fsp3) is 0.389. The van der Waals surface area contributed by atoms with Crippen molar-refractivity contribution in [2.45, 2.75) is 45.2 Å². The zero-order valence-corrected chi connectivity index (χ0v) is 15.2. The van der Waals surface area contributed by atoms with Gasteiger partial charge in [-0.05, 0) is 49.5 Å². The Labute approximate surface area is 155 Å². The molecule has 0 amide bonds. The number of anilines is 2. The first-order valence-electron chi connectivity index (χ1n) is 8.93. The first-order chi connectivity index (χ1) is 13.1. The molecule has 1 fully saturated rings. The normalized spacial score (nSPS) is 19.2. The third kappa shape index (κ3) is 3.81. The van der Waals surface area contributed by atoms with Crippen LogP contribution in [-0.2, 0) is 0 Å². The van der Waals surface area contributed by atoms with Gasteiger partial charge in [-0.3, -0.25) is 4.79 Å². The predicted octanol–water partition coefficient (Wildman–Crippen LogP) is 2.07. The van der Waals surface area contributed by atoms with E-state index in [9.17, 15) is 4.79 Å². The van der Waals surface area contributed by atoms with E-state index in [4.69, 9.17) is 4.52 Å². The number of nitrogens with one attached hydrogen (secondary N) is 2. The summed E-state index contributed by atoms with van der Waals surface area (Å²) in [5.74, 6) is 1.87. The smallest absolute Gasteiger partial charge is 0.274 e. The van der Waals surface area contributed by atoms with Crippen molar-refractivity contribution in [2.24, 2.45) is 0 Å². The molecule has 0 aliphatic heterocycles. The van der Waals surface area contributed by atoms with Crippen LogP contribution in [0, 0.1) is 13.8 Å². The summed E-state index contributed by atoms with van der Waals surface area (Å²) >= 11 is 0. The molecule has 3 heterocycles. The molecule has 0 unspecified atom stereocenters. The molecule has 2 N–H and O–H groups in total. The molecule has 27 heavy (non-hydrogen) atoms. The highest BCUT2D eigenvalue weighted by Crippen LogP contribution is 2.24. The quantitative estimate of drug-likeness (QED) is 0.705. The minimum absolute atomic E-state index is 0.138. The van der Waals surface area contributed by atoms with Crippen LogP contribution in [0.4, 0.5) is 11.8 Å². The summed E-state index contributed by atoms with van der Waals surface area (Å²) in [7, 11) is 0. The van der Waals surface area contributed by atoms with Crippen LogP contribution in [0.5, 0.6) is 0 Å². The van der Waals surface area contributed by atoms with Gasteiger partial charge in [0.05, 0.1) is 11.9 Å². The molecule has 0 saturated heterocycles. The number of nitrogens with zero attached hydrogens (tertiary/aromatic N) is 5. The maximum atomic E-state index is 12.2. The number of hydrogen-bond acceptors (Lipinski definition) is 8. The van der Waals surface area contributed by atoms with Crippen molar-refractivity contribution < 1.29 is 4.52 Å². The van der Waals surface area contributed by atoms with Crippen LogP contribution >= 0.6 is 0 Å². The summed E-state index contributed by atoms with van der Waals surface area (Å²) in [6.45, 7) is 3.54. The Morgan fingerprint density at radius 1 is 1.15 bits per heavy atom. The number of rotatable bonds is 5. The second kappa shape index (κ2) is 7.18. The number of aryl methyl sites for hydroxylation is 2. The Balaban J connectivity index is 1.38. The fourth-order valence-electron chi connectivity index (χ4n) is 3.28. The largest absolute Gasteiger partial charge is 0.367 e. The third-order valence-electron chi connectivity index (χ3n) is 4.67. The number of pyridine rings is 1. The predicted molar refractivity (Wildman–Crippen MR) is 100 cm³/mol. The van der Waals surface area contributed by atoms with Gasteiger partial charge in [-0.25, -0.2) is 4.98 Å². The Morgan fingerprint density at radius 2 is 1.96 bits per heavy atom. The molecule has 0 radical (unpaired) electrons. The molecule has 0 aromatic carbocycles. The Kier molecular flexibility index (Phi) is 4.57. The lowest BCUT2D eigenvalue weighted by Crippen LogP contribution is -2.23. The monoisotopic (exact) mass is 367 g/mol. The molecular formula is C18H21N7O2. The Hall–Kier alpha value is -3.23. The van der Waals surface area contributed by atoms with E-state index in [-0.39, 0.29) is 5.56 Å². The number of aromatic nitrogens is 5. The van der Waals surface area contributed by atoms with Gasteiger partial charge in [0, 0.05) is 30.8 Å². The van der Waals surface area contributed by atoms with Gasteiger partial charge in [0.2, 0.25) is 5.89 Å². The summed E-state index contributed by atoms with van der Waals surface area (Å²) in [6.07, 6.45) is 6.25. The van der Waals surface area contributed by atoms with Crippen molar-refractivity contribution in [3.05, 3.63) is 52.4 Å². The second-order valence-electron chi connectivity index (χ2n) is 6.77. The molecule has 2 atom stereocenters. The molecule has 140 valence electrons. The zero-order valence-electron chi connectivity index (χ0n) is 15.2. The van der Waals surface area contributed by atoms with Crippen molar-refractivity contribution in [3.63, 3.8) is 0 Å². The first-order valence-corrected chi connectivity index (χ1v) is 8.93. The maximum absolute atomic E-state index is 12.2. The fourth-order valence-corrected chi connectivity index (χ4v) is 3.28. The van der Waals surface area contributed by atoms with Gasteiger partial charge in [-0.1, -0.05) is 0 Å². The van der Waals surface area contributed by atoms with E-state index in [2.05, 4.69) is 30.9 Å². The lowest BCUT2D eigenvalue weighted by molar-refractivity contribution is 0.394. The van der Waals surface area contributed by atoms with Crippen LogP contribution in [0.25, 0.3) is 5.69 Å². The van der Waals surface area contributed by atoms with Crippen LogP contribution in [0.3, 0.4) is 0 Å². The molecule has 0 bridgehead atoms. The Morgan fingerprint density at radius 3 is 2.67 bits per heavy atom. The summed E-state index contributed by atoms with van der Waals surface area (Å²) in [5.41, 5.74) is 1.16. The van der Waals surface area contributed by atoms with Gasteiger partial charge in [-0.15, -0.1) is 0 Å². The highest BCUT2D eigenvalue weighted by molar-refractivity contribution is 5.41. The number of hydrogen-bond donors (Lipinski definition) is 2. The standard InChI is InChI=1S/C18H21N7O2/c1-11-7-8-20-25(17(11)26)15-5-6-16(19-10-15)22-13-3-4-14(9-13)23-18-21-12(2)27-24-18/h5-8,10,13-14H,3-4,9H2,1-2H3,(H,19,22)(H,23,24)/t13-,14-/m0/s1. The van der Waals surface area contributed by atoms with Crippen molar-refractivity contribution in [2.75, 3.05) is 10.6 Å². The minimum Gasteiger partial charge on any atom is -0.367 e. The van der Waals surface area contributed by atoms with Gasteiger partial charge < -0.3 is 15.2 Å². The molecule has 1 saturated carbocycles. The van der Waals surface area contributed by atoms with Crippen LogP contribution in [-0.4, -0.2) is 37.0 Å². The van der Waals surface area contributed by atoms with Crippen LogP contribution in [0.15, 0.2) is 39.9 Å².